The number of nitrogens with one attached hydrogen (secondary N) is 1. The fraction of sp³-hybridized carbons (Fsp3) is 0.438. The summed E-state index contributed by atoms with van der Waals surface area (Å²) >= 11 is 0. The Balaban J connectivity index is 2.39. The van der Waals surface area contributed by atoms with Crippen LogP contribution in [0.3, 0.4) is 0 Å². The molecule has 120 valence electrons. The molecule has 0 bridgehead atoms. The number of rotatable bonds is 8. The first kappa shape index (κ1) is 17.7. The summed E-state index contributed by atoms with van der Waals surface area (Å²) in [6.07, 6.45) is -0.0125. The molecular weight excluding hydrogens is 286 g/mol. The molecule has 1 amide bonds. The molecular formula is C16H21NO5. The van der Waals surface area contributed by atoms with E-state index in [2.05, 4.69) is 5.32 Å². The van der Waals surface area contributed by atoms with E-state index in [1.807, 2.05) is 37.3 Å². The second kappa shape index (κ2) is 9.55. The van der Waals surface area contributed by atoms with Crippen LogP contribution < -0.4 is 5.32 Å². The molecule has 1 atom stereocenters. The number of hydrogen-bond donors (Lipinski definition) is 1. The number of alkyl carbamates (subject to hydrolysis) is 1. The van der Waals surface area contributed by atoms with Gasteiger partial charge in [0.05, 0.1) is 6.61 Å². The summed E-state index contributed by atoms with van der Waals surface area (Å²) in [6.45, 7) is 3.38. The molecule has 0 fully saturated rings. The number of carbonyl (C=O) groups is 3. The zero-order valence-corrected chi connectivity index (χ0v) is 12.8. The molecule has 0 spiro atoms. The normalized spacial score (nSPS) is 11.4. The van der Waals surface area contributed by atoms with Gasteiger partial charge in [0.15, 0.2) is 0 Å². The minimum Gasteiger partial charge on any atom is -0.465 e. The van der Waals surface area contributed by atoms with E-state index >= 15 is 0 Å². The van der Waals surface area contributed by atoms with Gasteiger partial charge in [-0.15, -0.1) is 0 Å². The number of Topliss-reactive ketones (excluding diaryl/α,β-unsaturated/α-hetero) is 1. The lowest BCUT2D eigenvalue weighted by atomic mass is 10.1. The average molecular weight is 307 g/mol. The van der Waals surface area contributed by atoms with Crippen LogP contribution in [-0.2, 0) is 25.7 Å². The standard InChI is InChI=1S/C16H21NO5/c1-3-9-21-15(19)14(12(2)18)10-17-16(20)22-11-13-7-5-4-6-8-13/h4-8,14H,3,9-11H2,1-2H3,(H,17,20). The van der Waals surface area contributed by atoms with Crippen molar-refractivity contribution in [2.45, 2.75) is 26.9 Å². The van der Waals surface area contributed by atoms with Crippen LogP contribution in [0, 0.1) is 5.92 Å². The number of esters is 1. The Labute approximate surface area is 129 Å². The van der Waals surface area contributed by atoms with E-state index < -0.39 is 18.0 Å². The molecule has 0 aromatic heterocycles. The molecule has 1 N–H and O–H groups in total. The van der Waals surface area contributed by atoms with Crippen molar-refractivity contribution >= 4 is 17.8 Å². The number of ether oxygens (including phenoxy) is 2. The van der Waals surface area contributed by atoms with Crippen LogP contribution >= 0.6 is 0 Å². The van der Waals surface area contributed by atoms with Crippen molar-refractivity contribution in [1.82, 2.24) is 5.32 Å². The van der Waals surface area contributed by atoms with Gasteiger partial charge in [0.25, 0.3) is 0 Å². The van der Waals surface area contributed by atoms with Gasteiger partial charge in [-0.2, -0.15) is 0 Å². The summed E-state index contributed by atoms with van der Waals surface area (Å²) in [4.78, 5) is 34.7. The van der Waals surface area contributed by atoms with Gasteiger partial charge >= 0.3 is 12.1 Å². The van der Waals surface area contributed by atoms with Gasteiger partial charge in [0.1, 0.15) is 18.3 Å². The Morgan fingerprint density at radius 1 is 1.14 bits per heavy atom. The van der Waals surface area contributed by atoms with E-state index in [-0.39, 0.29) is 25.5 Å². The van der Waals surface area contributed by atoms with Gasteiger partial charge < -0.3 is 14.8 Å². The van der Waals surface area contributed by atoms with E-state index in [1.165, 1.54) is 6.92 Å². The van der Waals surface area contributed by atoms with Crippen molar-refractivity contribution in [3.05, 3.63) is 35.9 Å². The molecule has 0 aliphatic carbocycles. The van der Waals surface area contributed by atoms with Gasteiger partial charge in [0.2, 0.25) is 0 Å². The minimum absolute atomic E-state index is 0.123. The fourth-order valence-electron chi connectivity index (χ4n) is 1.66. The lowest BCUT2D eigenvalue weighted by molar-refractivity contribution is -0.151. The summed E-state index contributed by atoms with van der Waals surface area (Å²) in [7, 11) is 0. The highest BCUT2D eigenvalue weighted by Crippen LogP contribution is 2.03. The smallest absolute Gasteiger partial charge is 0.407 e. The first-order valence-corrected chi connectivity index (χ1v) is 7.16. The van der Waals surface area contributed by atoms with Crippen molar-refractivity contribution in [1.29, 1.82) is 0 Å². The molecule has 22 heavy (non-hydrogen) atoms. The highest BCUT2D eigenvalue weighted by molar-refractivity contribution is 5.98. The van der Waals surface area contributed by atoms with Crippen LogP contribution in [0.5, 0.6) is 0 Å². The largest absolute Gasteiger partial charge is 0.465 e. The zero-order valence-electron chi connectivity index (χ0n) is 12.8. The van der Waals surface area contributed by atoms with Gasteiger partial charge in [0, 0.05) is 6.54 Å². The third kappa shape index (κ3) is 6.39. The quantitative estimate of drug-likeness (QED) is 0.587. The molecule has 6 nitrogen and oxygen atoms in total. The number of amides is 1. The Hall–Kier alpha value is -2.37. The van der Waals surface area contributed by atoms with Crippen LogP contribution in [0.15, 0.2) is 30.3 Å². The van der Waals surface area contributed by atoms with E-state index in [0.29, 0.717) is 6.42 Å². The molecule has 1 aromatic carbocycles. The van der Waals surface area contributed by atoms with E-state index in [0.717, 1.165) is 5.56 Å². The number of hydrogen-bond acceptors (Lipinski definition) is 5. The number of carbonyl (C=O) groups excluding carboxylic acids is 3. The summed E-state index contributed by atoms with van der Waals surface area (Å²) < 4.78 is 9.93. The van der Waals surface area contributed by atoms with Gasteiger partial charge in [-0.3, -0.25) is 9.59 Å². The maximum Gasteiger partial charge on any atom is 0.407 e. The summed E-state index contributed by atoms with van der Waals surface area (Å²) in [6, 6.07) is 9.20. The molecule has 0 radical (unpaired) electrons. The summed E-state index contributed by atoms with van der Waals surface area (Å²) in [5.41, 5.74) is 0.850. The van der Waals surface area contributed by atoms with Crippen molar-refractivity contribution < 1.29 is 23.9 Å². The van der Waals surface area contributed by atoms with Crippen molar-refractivity contribution in [2.24, 2.45) is 5.92 Å². The molecule has 1 rings (SSSR count). The maximum absolute atomic E-state index is 11.7. The van der Waals surface area contributed by atoms with Crippen LogP contribution in [0.1, 0.15) is 25.8 Å². The van der Waals surface area contributed by atoms with Crippen molar-refractivity contribution in [2.75, 3.05) is 13.2 Å². The predicted octanol–water partition coefficient (Wildman–Crippen LogP) is 2.07. The lowest BCUT2D eigenvalue weighted by Crippen LogP contribution is -2.37. The fourth-order valence-corrected chi connectivity index (χ4v) is 1.66. The average Bonchev–Trinajstić information content (AvgIpc) is 2.51. The molecule has 0 saturated heterocycles. The molecule has 0 saturated carbocycles. The molecule has 1 unspecified atom stereocenters. The highest BCUT2D eigenvalue weighted by atomic mass is 16.5. The third-order valence-corrected chi connectivity index (χ3v) is 2.89. The van der Waals surface area contributed by atoms with E-state index in [4.69, 9.17) is 9.47 Å². The third-order valence-electron chi connectivity index (χ3n) is 2.89. The monoisotopic (exact) mass is 307 g/mol. The van der Waals surface area contributed by atoms with E-state index in [1.54, 1.807) is 0 Å². The minimum atomic E-state index is -1.00. The Morgan fingerprint density at radius 2 is 1.82 bits per heavy atom. The van der Waals surface area contributed by atoms with Crippen molar-refractivity contribution in [3.63, 3.8) is 0 Å². The van der Waals surface area contributed by atoms with Crippen LogP contribution in [0.2, 0.25) is 0 Å². The van der Waals surface area contributed by atoms with Crippen molar-refractivity contribution in [3.8, 4) is 0 Å². The number of ketones is 1. The topological polar surface area (TPSA) is 81.7 Å². The van der Waals surface area contributed by atoms with Crippen LogP contribution in [0.25, 0.3) is 0 Å². The first-order chi connectivity index (χ1) is 10.5. The Morgan fingerprint density at radius 3 is 2.41 bits per heavy atom. The molecule has 0 aliphatic heterocycles. The molecule has 0 aliphatic rings. The predicted molar refractivity (Wildman–Crippen MR) is 80.1 cm³/mol. The Bertz CT molecular complexity index is 501. The summed E-state index contributed by atoms with van der Waals surface area (Å²) in [5, 5.41) is 2.41. The summed E-state index contributed by atoms with van der Waals surface area (Å²) in [5.74, 6) is -1.99. The molecule has 0 heterocycles. The number of benzene rings is 1. The SMILES string of the molecule is CCCOC(=O)C(CNC(=O)OCc1ccccc1)C(C)=O. The van der Waals surface area contributed by atoms with Crippen LogP contribution in [0.4, 0.5) is 4.79 Å². The highest BCUT2D eigenvalue weighted by Gasteiger charge is 2.25. The van der Waals surface area contributed by atoms with Gasteiger partial charge in [-0.05, 0) is 18.9 Å². The lowest BCUT2D eigenvalue weighted by Gasteiger charge is -2.14. The van der Waals surface area contributed by atoms with E-state index in [9.17, 15) is 14.4 Å². The molecule has 6 heteroatoms. The van der Waals surface area contributed by atoms with Gasteiger partial charge in [-0.25, -0.2) is 4.79 Å². The van der Waals surface area contributed by atoms with Crippen LogP contribution in [-0.4, -0.2) is 31.0 Å². The van der Waals surface area contributed by atoms with Gasteiger partial charge in [-0.1, -0.05) is 37.3 Å². The molecule has 1 aromatic rings. The first-order valence-electron chi connectivity index (χ1n) is 7.16. The second-order valence-electron chi connectivity index (χ2n) is 4.77. The Kier molecular flexibility index (Phi) is 7.67. The zero-order chi connectivity index (χ0) is 16.4. The second-order valence-corrected chi connectivity index (χ2v) is 4.77. The maximum atomic E-state index is 11.7.